The second-order valence-corrected chi connectivity index (χ2v) is 9.57. The van der Waals surface area contributed by atoms with Crippen LogP contribution in [0.5, 0.6) is 0 Å². The highest BCUT2D eigenvalue weighted by Crippen LogP contribution is 2.38. The van der Waals surface area contributed by atoms with Crippen molar-refractivity contribution in [3.63, 3.8) is 0 Å². The Hall–Kier alpha value is -3.22. The largest absolute Gasteiger partial charge is 0.382 e. The Kier molecular flexibility index (Phi) is 6.84. The van der Waals surface area contributed by atoms with Crippen molar-refractivity contribution < 1.29 is 18.7 Å². The molecular weight excluding hydrogens is 443 g/mol. The van der Waals surface area contributed by atoms with Gasteiger partial charge in [-0.1, -0.05) is 66.7 Å². The molecular formula is C29H31FN2O3. The normalized spacial score (nSPS) is 23.3. The summed E-state index contributed by atoms with van der Waals surface area (Å²) in [5.74, 6) is -0.288. The minimum absolute atomic E-state index is 0.0700. The van der Waals surface area contributed by atoms with Crippen LogP contribution in [0.3, 0.4) is 0 Å². The van der Waals surface area contributed by atoms with Crippen LogP contribution in [0, 0.1) is 5.82 Å². The van der Waals surface area contributed by atoms with Gasteiger partial charge >= 0.3 is 6.03 Å². The third-order valence-electron chi connectivity index (χ3n) is 7.09. The van der Waals surface area contributed by atoms with Gasteiger partial charge in [0.25, 0.3) is 0 Å². The first-order valence-electron chi connectivity index (χ1n) is 12.1. The molecule has 1 saturated carbocycles. The Morgan fingerprint density at radius 1 is 1.03 bits per heavy atom. The molecule has 182 valence electrons. The van der Waals surface area contributed by atoms with Crippen molar-refractivity contribution in [1.82, 2.24) is 10.2 Å². The molecule has 0 bridgehead atoms. The van der Waals surface area contributed by atoms with Crippen LogP contribution in [0.1, 0.15) is 41.1 Å². The lowest BCUT2D eigenvalue weighted by Gasteiger charge is -2.49. The van der Waals surface area contributed by atoms with Gasteiger partial charge in [-0.25, -0.2) is 9.18 Å². The maximum absolute atomic E-state index is 13.7. The van der Waals surface area contributed by atoms with E-state index in [1.807, 2.05) is 47.4 Å². The number of amides is 2. The minimum Gasteiger partial charge on any atom is -0.382 e. The van der Waals surface area contributed by atoms with Gasteiger partial charge in [-0.05, 0) is 53.6 Å². The first kappa shape index (κ1) is 23.5. The summed E-state index contributed by atoms with van der Waals surface area (Å²) in [6.07, 6.45) is 2.25. The predicted octanol–water partition coefficient (Wildman–Crippen LogP) is 5.25. The molecule has 2 amide bonds. The molecule has 1 heterocycles. The van der Waals surface area contributed by atoms with Crippen molar-refractivity contribution in [3.8, 4) is 0 Å². The molecule has 0 spiro atoms. The second kappa shape index (κ2) is 10.2. The second-order valence-electron chi connectivity index (χ2n) is 9.57. The molecule has 0 aromatic heterocycles. The third kappa shape index (κ3) is 5.09. The molecule has 0 unspecified atom stereocenters. The quantitative estimate of drug-likeness (QED) is 0.509. The molecule has 1 N–H and O–H groups in total. The van der Waals surface area contributed by atoms with E-state index >= 15 is 0 Å². The lowest BCUT2D eigenvalue weighted by Crippen LogP contribution is -2.65. The van der Waals surface area contributed by atoms with E-state index in [4.69, 9.17) is 9.47 Å². The summed E-state index contributed by atoms with van der Waals surface area (Å²) in [6, 6.07) is 24.3. The summed E-state index contributed by atoms with van der Waals surface area (Å²) >= 11 is 0. The standard InChI is InChI=1S/C29H31FN2O3/c1-34-20-29(17-25(18-29)35-19-21-7-3-2-4-8-21)31-28(33)32-16-15-22-9-5-6-10-26(22)27(32)23-11-13-24(30)14-12-23/h2-14,25,27H,15-20H2,1H3,(H,31,33)/t25?,27-,29?/m0/s1. The van der Waals surface area contributed by atoms with Gasteiger partial charge < -0.3 is 19.7 Å². The fourth-order valence-electron chi connectivity index (χ4n) is 5.34. The van der Waals surface area contributed by atoms with Gasteiger partial charge in [-0.2, -0.15) is 0 Å². The zero-order valence-electron chi connectivity index (χ0n) is 20.0. The van der Waals surface area contributed by atoms with Crippen molar-refractivity contribution in [3.05, 3.63) is 107 Å². The van der Waals surface area contributed by atoms with Gasteiger partial charge in [0.05, 0.1) is 30.9 Å². The summed E-state index contributed by atoms with van der Waals surface area (Å²) in [7, 11) is 1.66. The van der Waals surface area contributed by atoms with Crippen molar-refractivity contribution in [1.29, 1.82) is 0 Å². The lowest BCUT2D eigenvalue weighted by molar-refractivity contribution is -0.0823. The van der Waals surface area contributed by atoms with E-state index < -0.39 is 5.54 Å². The predicted molar refractivity (Wildman–Crippen MR) is 132 cm³/mol. The summed E-state index contributed by atoms with van der Waals surface area (Å²) < 4.78 is 25.2. The van der Waals surface area contributed by atoms with Gasteiger partial charge in [0, 0.05) is 13.7 Å². The molecule has 1 atom stereocenters. The lowest BCUT2D eigenvalue weighted by atomic mass is 9.74. The number of hydrogen-bond donors (Lipinski definition) is 1. The Labute approximate surface area is 205 Å². The minimum atomic E-state index is -0.461. The van der Waals surface area contributed by atoms with E-state index in [0.29, 0.717) is 32.6 Å². The number of hydrogen-bond acceptors (Lipinski definition) is 3. The molecule has 3 aromatic carbocycles. The van der Waals surface area contributed by atoms with E-state index in [9.17, 15) is 9.18 Å². The van der Waals surface area contributed by atoms with Crippen LogP contribution in [-0.4, -0.2) is 42.8 Å². The van der Waals surface area contributed by atoms with Crippen molar-refractivity contribution in [2.75, 3.05) is 20.3 Å². The Balaban J connectivity index is 1.31. The van der Waals surface area contributed by atoms with E-state index in [2.05, 4.69) is 17.4 Å². The molecule has 1 aliphatic heterocycles. The summed E-state index contributed by atoms with van der Waals surface area (Å²) in [4.78, 5) is 15.5. The maximum atomic E-state index is 13.7. The molecule has 0 saturated heterocycles. The molecule has 5 rings (SSSR count). The number of fused-ring (bicyclic) bond motifs is 1. The number of nitrogens with zero attached hydrogens (tertiary/aromatic N) is 1. The van der Waals surface area contributed by atoms with Gasteiger partial charge in [-0.3, -0.25) is 0 Å². The zero-order valence-corrected chi connectivity index (χ0v) is 20.0. The van der Waals surface area contributed by atoms with E-state index in [0.717, 1.165) is 23.1 Å². The highest BCUT2D eigenvalue weighted by molar-refractivity contribution is 5.77. The topological polar surface area (TPSA) is 50.8 Å². The average molecular weight is 475 g/mol. The molecule has 3 aromatic rings. The highest BCUT2D eigenvalue weighted by Gasteiger charge is 2.47. The zero-order chi connectivity index (χ0) is 24.3. The monoisotopic (exact) mass is 474 g/mol. The molecule has 0 radical (unpaired) electrons. The molecule has 1 fully saturated rings. The SMILES string of the molecule is COCC1(NC(=O)N2CCc3ccccc3[C@@H]2c2ccc(F)cc2)CC(OCc2ccccc2)C1. The number of halogens is 1. The van der Waals surface area contributed by atoms with Crippen molar-refractivity contribution in [2.45, 2.75) is 43.6 Å². The Bertz CT molecular complexity index is 1150. The van der Waals surface area contributed by atoms with E-state index in [1.54, 1.807) is 19.2 Å². The number of nitrogens with one attached hydrogen (secondary N) is 1. The van der Waals surface area contributed by atoms with Gasteiger partial charge in [0.1, 0.15) is 5.82 Å². The number of carbonyl (C=O) groups excluding carboxylic acids is 1. The Morgan fingerprint density at radius 2 is 1.74 bits per heavy atom. The number of urea groups is 1. The number of rotatable bonds is 7. The van der Waals surface area contributed by atoms with Gasteiger partial charge in [0.2, 0.25) is 0 Å². The summed E-state index contributed by atoms with van der Waals surface area (Å²) in [5.41, 5.74) is 3.87. The average Bonchev–Trinajstić information content (AvgIpc) is 2.86. The van der Waals surface area contributed by atoms with Crippen LogP contribution in [0.2, 0.25) is 0 Å². The number of methoxy groups -OCH3 is 1. The summed E-state index contributed by atoms with van der Waals surface area (Å²) in [6.45, 7) is 1.57. The van der Waals surface area contributed by atoms with Crippen LogP contribution in [0.25, 0.3) is 0 Å². The molecule has 5 nitrogen and oxygen atoms in total. The number of carbonyl (C=O) groups is 1. The fourth-order valence-corrected chi connectivity index (χ4v) is 5.34. The highest BCUT2D eigenvalue weighted by atomic mass is 19.1. The maximum Gasteiger partial charge on any atom is 0.318 e. The van der Waals surface area contributed by atoms with Crippen molar-refractivity contribution in [2.24, 2.45) is 0 Å². The number of benzene rings is 3. The van der Waals surface area contributed by atoms with Crippen LogP contribution in [0.4, 0.5) is 9.18 Å². The van der Waals surface area contributed by atoms with Crippen LogP contribution in [0.15, 0.2) is 78.9 Å². The van der Waals surface area contributed by atoms with Crippen molar-refractivity contribution >= 4 is 6.03 Å². The molecule has 2 aliphatic rings. The van der Waals surface area contributed by atoms with Crippen LogP contribution in [-0.2, 0) is 22.5 Å². The van der Waals surface area contributed by atoms with E-state index in [-0.39, 0.29) is 24.0 Å². The summed E-state index contributed by atoms with van der Waals surface area (Å²) in [5, 5.41) is 3.28. The smallest absolute Gasteiger partial charge is 0.318 e. The van der Waals surface area contributed by atoms with Crippen LogP contribution >= 0.6 is 0 Å². The van der Waals surface area contributed by atoms with Gasteiger partial charge in [-0.15, -0.1) is 0 Å². The fraction of sp³-hybridized carbons (Fsp3) is 0.345. The van der Waals surface area contributed by atoms with Gasteiger partial charge in [0.15, 0.2) is 0 Å². The first-order chi connectivity index (χ1) is 17.1. The molecule has 1 aliphatic carbocycles. The third-order valence-corrected chi connectivity index (χ3v) is 7.09. The Morgan fingerprint density at radius 3 is 2.49 bits per heavy atom. The van der Waals surface area contributed by atoms with Crippen LogP contribution < -0.4 is 5.32 Å². The first-order valence-corrected chi connectivity index (χ1v) is 12.1. The molecule has 6 heteroatoms. The molecule has 35 heavy (non-hydrogen) atoms. The number of ether oxygens (including phenoxy) is 2. The van der Waals surface area contributed by atoms with E-state index in [1.165, 1.54) is 17.7 Å².